The van der Waals surface area contributed by atoms with E-state index >= 15 is 0 Å². The standard InChI is InChI=1S/C15H28NO/c1-14(2)10-15(3)7-6-13(14)16(11-15)8-4-5-12(17)9-16/h12-13,17H,4-11H2,1-3H3/q+1. The van der Waals surface area contributed by atoms with Crippen molar-refractivity contribution in [2.45, 2.75) is 65.0 Å². The summed E-state index contributed by atoms with van der Waals surface area (Å²) in [7, 11) is 0. The summed E-state index contributed by atoms with van der Waals surface area (Å²) in [5.41, 5.74) is 1.01. The molecule has 3 heterocycles. The Morgan fingerprint density at radius 2 is 1.94 bits per heavy atom. The van der Waals surface area contributed by atoms with E-state index in [1.165, 1.54) is 43.3 Å². The zero-order valence-electron chi connectivity index (χ0n) is 11.7. The molecule has 2 heteroatoms. The van der Waals surface area contributed by atoms with Crippen molar-refractivity contribution in [3.63, 3.8) is 0 Å². The highest BCUT2D eigenvalue weighted by molar-refractivity contribution is 4.99. The van der Waals surface area contributed by atoms with E-state index in [0.717, 1.165) is 19.0 Å². The van der Waals surface area contributed by atoms with Crippen LogP contribution in [0, 0.1) is 10.8 Å². The molecular formula is C15H28NO+. The number of aliphatic hydroxyl groups is 1. The van der Waals surface area contributed by atoms with Crippen LogP contribution in [0.15, 0.2) is 0 Å². The molecular weight excluding hydrogens is 210 g/mol. The minimum atomic E-state index is -0.0394. The van der Waals surface area contributed by atoms with Crippen LogP contribution in [0.2, 0.25) is 0 Å². The average Bonchev–Trinajstić information content (AvgIpc) is 2.12. The second-order valence-electron chi connectivity index (χ2n) is 8.11. The van der Waals surface area contributed by atoms with Crippen molar-refractivity contribution >= 4 is 0 Å². The topological polar surface area (TPSA) is 20.2 Å². The van der Waals surface area contributed by atoms with Gasteiger partial charge in [0, 0.05) is 17.3 Å². The molecule has 0 amide bonds. The number of aliphatic hydroxyl groups excluding tert-OH is 1. The number of hydrogen-bond acceptors (Lipinski definition) is 1. The molecule has 4 rings (SSSR count). The minimum Gasteiger partial charge on any atom is -0.387 e. The third-order valence-electron chi connectivity index (χ3n) is 5.88. The Bertz CT molecular complexity index is 324. The van der Waals surface area contributed by atoms with Crippen LogP contribution in [0.3, 0.4) is 0 Å². The number of rotatable bonds is 0. The van der Waals surface area contributed by atoms with Gasteiger partial charge in [0.25, 0.3) is 0 Å². The van der Waals surface area contributed by atoms with E-state index in [-0.39, 0.29) is 6.10 Å². The van der Waals surface area contributed by atoms with Crippen molar-refractivity contribution in [2.24, 2.45) is 10.8 Å². The van der Waals surface area contributed by atoms with Gasteiger partial charge >= 0.3 is 0 Å². The summed E-state index contributed by atoms with van der Waals surface area (Å²) in [6, 6.07) is 0.805. The highest BCUT2D eigenvalue weighted by Crippen LogP contribution is 2.57. The lowest BCUT2D eigenvalue weighted by Gasteiger charge is -2.65. The normalized spacial score (nSPS) is 52.9. The quantitative estimate of drug-likeness (QED) is 0.643. The van der Waals surface area contributed by atoms with Gasteiger partial charge < -0.3 is 9.59 Å². The highest BCUT2D eigenvalue weighted by Gasteiger charge is 2.60. The maximum atomic E-state index is 10.1. The number of fused-ring (bicyclic) bond motifs is 2. The highest BCUT2D eigenvalue weighted by atomic mass is 16.3. The van der Waals surface area contributed by atoms with E-state index in [0.29, 0.717) is 10.8 Å². The fourth-order valence-corrected chi connectivity index (χ4v) is 5.87. The molecule has 0 radical (unpaired) electrons. The first-order valence-corrected chi connectivity index (χ1v) is 7.39. The molecule has 0 aromatic heterocycles. The second kappa shape index (κ2) is 3.48. The molecule has 0 aromatic carbocycles. The number of nitrogens with zero attached hydrogens (tertiary/aromatic N) is 1. The third-order valence-corrected chi connectivity index (χ3v) is 5.88. The molecule has 2 bridgehead atoms. The molecule has 0 aromatic rings. The Morgan fingerprint density at radius 3 is 2.53 bits per heavy atom. The van der Waals surface area contributed by atoms with Gasteiger partial charge in [-0.05, 0) is 25.7 Å². The molecule has 1 spiro atoms. The van der Waals surface area contributed by atoms with Crippen molar-refractivity contribution in [2.75, 3.05) is 19.6 Å². The van der Waals surface area contributed by atoms with Gasteiger partial charge in [0.1, 0.15) is 12.6 Å². The van der Waals surface area contributed by atoms with Crippen LogP contribution >= 0.6 is 0 Å². The van der Waals surface area contributed by atoms with Crippen LogP contribution in [0.5, 0.6) is 0 Å². The van der Waals surface area contributed by atoms with Gasteiger partial charge in [0.15, 0.2) is 0 Å². The Labute approximate surface area is 106 Å². The fraction of sp³-hybridized carbons (Fsp3) is 1.00. The van der Waals surface area contributed by atoms with Gasteiger partial charge in [-0.3, -0.25) is 0 Å². The molecule has 17 heavy (non-hydrogen) atoms. The Hall–Kier alpha value is -0.0800. The minimum absolute atomic E-state index is 0.0394. The van der Waals surface area contributed by atoms with Crippen LogP contribution in [0.4, 0.5) is 0 Å². The molecule has 4 atom stereocenters. The van der Waals surface area contributed by atoms with Crippen LogP contribution in [0.1, 0.15) is 52.9 Å². The van der Waals surface area contributed by atoms with Gasteiger partial charge in [-0.25, -0.2) is 0 Å². The van der Waals surface area contributed by atoms with Gasteiger partial charge in [0.2, 0.25) is 0 Å². The van der Waals surface area contributed by atoms with Crippen LogP contribution in [-0.2, 0) is 0 Å². The molecule has 1 saturated carbocycles. The van der Waals surface area contributed by atoms with Crippen molar-refractivity contribution in [3.8, 4) is 0 Å². The number of quaternary nitrogens is 1. The largest absolute Gasteiger partial charge is 0.387 e. The zero-order valence-corrected chi connectivity index (χ0v) is 11.7. The summed E-state index contributed by atoms with van der Waals surface area (Å²) >= 11 is 0. The summed E-state index contributed by atoms with van der Waals surface area (Å²) in [6.07, 6.45) is 6.41. The van der Waals surface area contributed by atoms with E-state index in [1.54, 1.807) is 0 Å². The van der Waals surface area contributed by atoms with Gasteiger partial charge in [0.05, 0.1) is 19.1 Å². The van der Waals surface area contributed by atoms with Crippen LogP contribution < -0.4 is 0 Å². The first-order valence-electron chi connectivity index (χ1n) is 7.39. The molecule has 3 aliphatic heterocycles. The summed E-state index contributed by atoms with van der Waals surface area (Å²) in [5, 5.41) is 10.1. The van der Waals surface area contributed by atoms with Crippen LogP contribution in [0.25, 0.3) is 0 Å². The summed E-state index contributed by atoms with van der Waals surface area (Å²) in [6.45, 7) is 11.1. The molecule has 1 N–H and O–H groups in total. The zero-order chi connectivity index (χ0) is 12.3. The van der Waals surface area contributed by atoms with Crippen molar-refractivity contribution < 1.29 is 9.59 Å². The fourth-order valence-electron chi connectivity index (χ4n) is 5.87. The number of hydrogen-bond donors (Lipinski definition) is 1. The predicted molar refractivity (Wildman–Crippen MR) is 69.6 cm³/mol. The summed E-state index contributed by atoms with van der Waals surface area (Å²) < 4.78 is 1.24. The Balaban J connectivity index is 1.95. The Morgan fingerprint density at radius 1 is 1.18 bits per heavy atom. The van der Waals surface area contributed by atoms with E-state index < -0.39 is 0 Å². The summed E-state index contributed by atoms with van der Waals surface area (Å²) in [5.74, 6) is 0. The maximum Gasteiger partial charge on any atom is 0.105 e. The smallest absolute Gasteiger partial charge is 0.105 e. The molecule has 1 aliphatic carbocycles. The molecule has 3 saturated heterocycles. The maximum absolute atomic E-state index is 10.1. The lowest BCUT2D eigenvalue weighted by molar-refractivity contribution is -0.982. The van der Waals surface area contributed by atoms with Crippen molar-refractivity contribution in [1.29, 1.82) is 0 Å². The molecule has 4 unspecified atom stereocenters. The van der Waals surface area contributed by atoms with Gasteiger partial charge in [-0.15, -0.1) is 0 Å². The molecule has 98 valence electrons. The predicted octanol–water partition coefficient (Wildman–Crippen LogP) is 2.56. The lowest BCUT2D eigenvalue weighted by Crippen LogP contribution is -2.74. The molecule has 2 nitrogen and oxygen atoms in total. The number of piperidine rings is 3. The summed E-state index contributed by atoms with van der Waals surface area (Å²) in [4.78, 5) is 0. The van der Waals surface area contributed by atoms with E-state index in [9.17, 15) is 5.11 Å². The van der Waals surface area contributed by atoms with E-state index in [1.807, 2.05) is 0 Å². The lowest BCUT2D eigenvalue weighted by atomic mass is 9.56. The third kappa shape index (κ3) is 1.76. The van der Waals surface area contributed by atoms with Crippen molar-refractivity contribution in [1.82, 2.24) is 0 Å². The Kier molecular flexibility index (Phi) is 2.45. The van der Waals surface area contributed by atoms with Gasteiger partial charge in [-0.1, -0.05) is 20.8 Å². The van der Waals surface area contributed by atoms with Crippen LogP contribution in [-0.4, -0.2) is 41.4 Å². The SMILES string of the molecule is CC12CCC(C(C)(C)C1)[N+]1(CCCC(O)C1)C2. The van der Waals surface area contributed by atoms with Gasteiger partial charge in [-0.2, -0.15) is 0 Å². The first kappa shape index (κ1) is 12.0. The van der Waals surface area contributed by atoms with E-state index in [4.69, 9.17) is 0 Å². The van der Waals surface area contributed by atoms with Crippen molar-refractivity contribution in [3.05, 3.63) is 0 Å². The second-order valence-corrected chi connectivity index (χ2v) is 8.11. The average molecular weight is 238 g/mol. The van der Waals surface area contributed by atoms with E-state index in [2.05, 4.69) is 20.8 Å². The molecule has 4 fully saturated rings. The molecule has 4 aliphatic rings. The first-order chi connectivity index (χ1) is 7.85. The monoisotopic (exact) mass is 238 g/mol.